The van der Waals surface area contributed by atoms with Crippen LogP contribution >= 0.6 is 0 Å². The Kier molecular flexibility index (Phi) is 6.38. The third-order valence-electron chi connectivity index (χ3n) is 3.23. The van der Waals surface area contributed by atoms with E-state index >= 15 is 0 Å². The second kappa shape index (κ2) is 6.41. The Morgan fingerprint density at radius 1 is 1.14 bits per heavy atom. The molecule has 0 radical (unpaired) electrons. The monoisotopic (exact) mass is 201 g/mol. The van der Waals surface area contributed by atoms with E-state index in [4.69, 9.17) is 4.74 Å². The molecule has 0 saturated carbocycles. The van der Waals surface area contributed by atoms with Crippen molar-refractivity contribution in [1.82, 2.24) is 4.90 Å². The molecule has 0 aromatic carbocycles. The molecule has 2 heteroatoms. The van der Waals surface area contributed by atoms with Gasteiger partial charge in [-0.1, -0.05) is 13.8 Å². The summed E-state index contributed by atoms with van der Waals surface area (Å²) in [5.74, 6) is 0.735. The first kappa shape index (κ1) is 13.9. The predicted molar refractivity (Wildman–Crippen MR) is 62.7 cm³/mol. The molecule has 14 heavy (non-hydrogen) atoms. The topological polar surface area (TPSA) is 12.5 Å². The summed E-state index contributed by atoms with van der Waals surface area (Å²) in [5, 5.41) is 0. The largest absolute Gasteiger partial charge is 0.379 e. The molecule has 1 aliphatic heterocycles. The lowest BCUT2D eigenvalue weighted by Crippen LogP contribution is -2.41. The molecule has 0 bridgehead atoms. The first-order chi connectivity index (χ1) is 6.56. The highest BCUT2D eigenvalue weighted by molar-refractivity contribution is 4.83. The van der Waals surface area contributed by atoms with Gasteiger partial charge in [0.2, 0.25) is 0 Å². The molecular weight excluding hydrogens is 174 g/mol. The van der Waals surface area contributed by atoms with Crippen molar-refractivity contribution in [3.05, 3.63) is 0 Å². The average Bonchev–Trinajstić information content (AvgIpc) is 2.21. The van der Waals surface area contributed by atoms with E-state index in [2.05, 4.69) is 25.8 Å². The van der Waals surface area contributed by atoms with E-state index < -0.39 is 0 Å². The van der Waals surface area contributed by atoms with Gasteiger partial charge in [-0.15, -0.1) is 0 Å². The molecule has 0 spiro atoms. The van der Waals surface area contributed by atoms with Gasteiger partial charge in [-0.05, 0) is 52.7 Å². The maximum absolute atomic E-state index is 5.49. The van der Waals surface area contributed by atoms with Crippen LogP contribution in [0.1, 0.15) is 40.5 Å². The standard InChI is InChI=1S/C10H21NO.C2H6/c1-10(2,12-4)9-5-7-11(3)8-6-9;1-2/h9H,5-8H2,1-4H3;1-2H3. The Morgan fingerprint density at radius 2 is 1.57 bits per heavy atom. The van der Waals surface area contributed by atoms with Gasteiger partial charge in [0.1, 0.15) is 0 Å². The zero-order valence-corrected chi connectivity index (χ0v) is 10.8. The Bertz CT molecular complexity index is 137. The molecule has 0 N–H and O–H groups in total. The van der Waals surface area contributed by atoms with Crippen LogP contribution < -0.4 is 0 Å². The molecule has 1 rings (SSSR count). The first-order valence-electron chi connectivity index (χ1n) is 5.80. The fourth-order valence-corrected chi connectivity index (χ4v) is 1.87. The average molecular weight is 201 g/mol. The van der Waals surface area contributed by atoms with Crippen molar-refractivity contribution in [1.29, 1.82) is 0 Å². The Morgan fingerprint density at radius 3 is 1.93 bits per heavy atom. The molecule has 0 atom stereocenters. The van der Waals surface area contributed by atoms with E-state index in [1.165, 1.54) is 25.9 Å². The maximum Gasteiger partial charge on any atom is 0.0651 e. The molecule has 0 aromatic heterocycles. The predicted octanol–water partition coefficient (Wildman–Crippen LogP) is 2.78. The Labute approximate surface area is 89.6 Å². The van der Waals surface area contributed by atoms with Crippen molar-refractivity contribution >= 4 is 0 Å². The van der Waals surface area contributed by atoms with Crippen LogP contribution in [0.25, 0.3) is 0 Å². The normalized spacial score (nSPS) is 20.1. The van der Waals surface area contributed by atoms with Crippen LogP contribution in [0.15, 0.2) is 0 Å². The lowest BCUT2D eigenvalue weighted by molar-refractivity contribution is -0.0465. The van der Waals surface area contributed by atoms with E-state index in [0.717, 1.165) is 5.92 Å². The highest BCUT2D eigenvalue weighted by Crippen LogP contribution is 2.29. The van der Waals surface area contributed by atoms with Gasteiger partial charge in [0, 0.05) is 7.11 Å². The smallest absolute Gasteiger partial charge is 0.0651 e. The fourth-order valence-electron chi connectivity index (χ4n) is 1.87. The summed E-state index contributed by atoms with van der Waals surface area (Å²) in [6.07, 6.45) is 2.55. The van der Waals surface area contributed by atoms with Crippen LogP contribution in [0.3, 0.4) is 0 Å². The molecule has 86 valence electrons. The molecule has 1 heterocycles. The summed E-state index contributed by atoms with van der Waals surface area (Å²) in [6, 6.07) is 0. The summed E-state index contributed by atoms with van der Waals surface area (Å²) < 4.78 is 5.49. The summed E-state index contributed by atoms with van der Waals surface area (Å²) in [5.41, 5.74) is 0.0707. The zero-order valence-electron chi connectivity index (χ0n) is 10.8. The third-order valence-corrected chi connectivity index (χ3v) is 3.23. The summed E-state index contributed by atoms with van der Waals surface area (Å²) >= 11 is 0. The van der Waals surface area contributed by atoms with Crippen molar-refractivity contribution < 1.29 is 4.74 Å². The van der Waals surface area contributed by atoms with Crippen molar-refractivity contribution in [2.24, 2.45) is 5.92 Å². The number of rotatable bonds is 2. The van der Waals surface area contributed by atoms with E-state index in [1.807, 2.05) is 21.0 Å². The van der Waals surface area contributed by atoms with Crippen molar-refractivity contribution in [2.75, 3.05) is 27.2 Å². The summed E-state index contributed by atoms with van der Waals surface area (Å²) in [4.78, 5) is 2.39. The van der Waals surface area contributed by atoms with Gasteiger partial charge in [-0.2, -0.15) is 0 Å². The van der Waals surface area contributed by atoms with Crippen LogP contribution in [0, 0.1) is 5.92 Å². The minimum atomic E-state index is 0.0707. The highest BCUT2D eigenvalue weighted by Gasteiger charge is 2.31. The number of likely N-dealkylation sites (tertiary alicyclic amines) is 1. The van der Waals surface area contributed by atoms with Gasteiger partial charge < -0.3 is 9.64 Å². The number of hydrogen-bond donors (Lipinski definition) is 0. The molecule has 1 aliphatic rings. The van der Waals surface area contributed by atoms with Gasteiger partial charge in [-0.25, -0.2) is 0 Å². The first-order valence-corrected chi connectivity index (χ1v) is 5.80. The minimum Gasteiger partial charge on any atom is -0.379 e. The minimum absolute atomic E-state index is 0.0707. The Balaban J connectivity index is 0.000000791. The maximum atomic E-state index is 5.49. The molecular formula is C12H27NO. The Hall–Kier alpha value is -0.0800. The number of ether oxygens (including phenoxy) is 1. The van der Waals surface area contributed by atoms with E-state index in [1.54, 1.807) is 0 Å². The van der Waals surface area contributed by atoms with Gasteiger partial charge in [0.05, 0.1) is 5.60 Å². The second-order valence-corrected chi connectivity index (χ2v) is 4.39. The summed E-state index contributed by atoms with van der Waals surface area (Å²) in [6.45, 7) is 10.8. The number of piperidine rings is 1. The highest BCUT2D eigenvalue weighted by atomic mass is 16.5. The molecule has 0 unspecified atom stereocenters. The van der Waals surface area contributed by atoms with Crippen LogP contribution in [-0.2, 0) is 4.74 Å². The molecule has 0 amide bonds. The SMILES string of the molecule is CC.COC(C)(C)C1CCN(C)CC1. The quantitative estimate of drug-likeness (QED) is 0.681. The molecule has 1 saturated heterocycles. The van der Waals surface area contributed by atoms with E-state index in [-0.39, 0.29) is 5.60 Å². The van der Waals surface area contributed by atoms with Crippen LogP contribution in [0.5, 0.6) is 0 Å². The van der Waals surface area contributed by atoms with Crippen molar-refractivity contribution in [3.8, 4) is 0 Å². The molecule has 1 fully saturated rings. The number of nitrogens with zero attached hydrogens (tertiary/aromatic N) is 1. The van der Waals surface area contributed by atoms with Crippen LogP contribution in [0.2, 0.25) is 0 Å². The number of hydrogen-bond acceptors (Lipinski definition) is 2. The van der Waals surface area contributed by atoms with Gasteiger partial charge in [-0.3, -0.25) is 0 Å². The second-order valence-electron chi connectivity index (χ2n) is 4.39. The van der Waals surface area contributed by atoms with E-state index in [9.17, 15) is 0 Å². The van der Waals surface area contributed by atoms with Gasteiger partial charge >= 0.3 is 0 Å². The van der Waals surface area contributed by atoms with E-state index in [0.29, 0.717) is 0 Å². The van der Waals surface area contributed by atoms with Crippen molar-refractivity contribution in [2.45, 2.75) is 46.1 Å². The number of methoxy groups -OCH3 is 1. The fraction of sp³-hybridized carbons (Fsp3) is 1.00. The third kappa shape index (κ3) is 3.97. The molecule has 2 nitrogen and oxygen atoms in total. The van der Waals surface area contributed by atoms with Crippen LogP contribution in [0.4, 0.5) is 0 Å². The van der Waals surface area contributed by atoms with Gasteiger partial charge in [0.25, 0.3) is 0 Å². The molecule has 0 aliphatic carbocycles. The van der Waals surface area contributed by atoms with Crippen molar-refractivity contribution in [3.63, 3.8) is 0 Å². The lowest BCUT2D eigenvalue weighted by Gasteiger charge is -2.38. The zero-order chi connectivity index (χ0) is 11.2. The lowest BCUT2D eigenvalue weighted by atomic mass is 9.83. The molecule has 0 aromatic rings. The summed E-state index contributed by atoms with van der Waals surface area (Å²) in [7, 11) is 4.01. The van der Waals surface area contributed by atoms with Gasteiger partial charge in [0.15, 0.2) is 0 Å². The van der Waals surface area contributed by atoms with Crippen LogP contribution in [-0.4, -0.2) is 37.7 Å².